The molecular weight excluding hydrogens is 114 g/mol. The molecule has 0 fully saturated rings. The lowest BCUT2D eigenvalue weighted by Crippen LogP contribution is -1.84. The monoisotopic (exact) mass is 121 g/mol. The lowest BCUT2D eigenvalue weighted by Gasteiger charge is -1.93. The van der Waals surface area contributed by atoms with Gasteiger partial charge in [0.05, 0.1) is 6.61 Å². The quantitative estimate of drug-likeness (QED) is 0.591. The second kappa shape index (κ2) is 2.60. The fourth-order valence-electron chi connectivity index (χ4n) is 0.594. The summed E-state index contributed by atoms with van der Waals surface area (Å²) in [4.78, 5) is 3.77. The van der Waals surface area contributed by atoms with Crippen molar-refractivity contribution in [3.8, 4) is 0 Å². The fraction of sp³-hybridized carbons (Fsp3) is 0.143. The number of aromatic nitrogens is 1. The Labute approximate surface area is 54.2 Å². The van der Waals surface area contributed by atoms with Crippen LogP contribution in [0.25, 0.3) is 0 Å². The molecule has 1 aromatic rings. The normalized spacial score (nSPS) is 9.56. The van der Waals surface area contributed by atoms with E-state index < -0.39 is 0 Å². The van der Waals surface area contributed by atoms with Crippen LogP contribution in [0.1, 0.15) is 11.1 Å². The summed E-state index contributed by atoms with van der Waals surface area (Å²) in [6.45, 7) is 5.36. The number of hydrogen-bond donors (Lipinski definition) is 1. The van der Waals surface area contributed by atoms with Crippen LogP contribution in [0.4, 0.5) is 0 Å². The van der Waals surface area contributed by atoms with Crippen LogP contribution in [-0.2, 0) is 6.61 Å². The second-order valence-corrected chi connectivity index (χ2v) is 1.78. The molecule has 0 aliphatic heterocycles. The third-order valence-electron chi connectivity index (χ3n) is 0.999. The lowest BCUT2D eigenvalue weighted by molar-refractivity contribution is 0.281. The van der Waals surface area contributed by atoms with E-state index in [0.717, 1.165) is 5.56 Å². The molecule has 1 aromatic heterocycles. The van der Waals surface area contributed by atoms with Gasteiger partial charge in [0.25, 0.3) is 0 Å². The van der Waals surface area contributed by atoms with E-state index in [1.54, 1.807) is 18.5 Å². The number of aliphatic hydroxyl groups is 1. The molecule has 9 heavy (non-hydrogen) atoms. The van der Waals surface area contributed by atoms with Gasteiger partial charge in [-0.2, -0.15) is 0 Å². The average molecular weight is 121 g/mol. The molecule has 0 aromatic carbocycles. The summed E-state index contributed by atoms with van der Waals surface area (Å²) in [5.74, 6) is 0. The lowest BCUT2D eigenvalue weighted by atomic mass is 10.2. The summed E-state index contributed by atoms with van der Waals surface area (Å²) in [5, 5.41) is 8.57. The van der Waals surface area contributed by atoms with Crippen LogP contribution in [0.15, 0.2) is 18.5 Å². The van der Waals surface area contributed by atoms with Crippen molar-refractivity contribution < 1.29 is 5.11 Å². The first-order chi connectivity index (χ1) is 4.33. The Morgan fingerprint density at radius 2 is 2.33 bits per heavy atom. The largest absolute Gasteiger partial charge is 0.392 e. The Hall–Kier alpha value is -0.890. The highest BCUT2D eigenvalue weighted by Gasteiger charge is 1.88. The van der Waals surface area contributed by atoms with Crippen molar-refractivity contribution in [1.82, 2.24) is 4.98 Å². The highest BCUT2D eigenvalue weighted by Crippen LogP contribution is 1.99. The number of nitrogens with zero attached hydrogens (tertiary/aromatic N) is 1. The number of hydrogen-bond acceptors (Lipinski definition) is 2. The predicted molar refractivity (Wildman–Crippen MR) is 33.6 cm³/mol. The van der Waals surface area contributed by atoms with Crippen molar-refractivity contribution in [1.29, 1.82) is 0 Å². The molecule has 0 saturated heterocycles. The van der Waals surface area contributed by atoms with Crippen LogP contribution in [0.5, 0.6) is 0 Å². The van der Waals surface area contributed by atoms with Gasteiger partial charge >= 0.3 is 0 Å². The van der Waals surface area contributed by atoms with Crippen LogP contribution in [-0.4, -0.2) is 10.1 Å². The number of pyridine rings is 1. The molecule has 2 radical (unpaired) electrons. The molecule has 1 rings (SSSR count). The van der Waals surface area contributed by atoms with E-state index in [1.807, 2.05) is 0 Å². The standard InChI is InChI=1S/C7H7NO/c1-6-2-7(5-9)4-8-3-6/h1-4,9H,5H2. The van der Waals surface area contributed by atoms with Crippen molar-refractivity contribution >= 4 is 0 Å². The topological polar surface area (TPSA) is 33.1 Å². The summed E-state index contributed by atoms with van der Waals surface area (Å²) in [6, 6.07) is 1.69. The Morgan fingerprint density at radius 1 is 1.56 bits per heavy atom. The minimum atomic E-state index is -0.00194. The molecule has 0 bridgehead atoms. The summed E-state index contributed by atoms with van der Waals surface area (Å²) < 4.78 is 0. The van der Waals surface area contributed by atoms with Gasteiger partial charge in [0.2, 0.25) is 0 Å². The highest BCUT2D eigenvalue weighted by molar-refractivity contribution is 5.19. The van der Waals surface area contributed by atoms with E-state index in [-0.39, 0.29) is 6.61 Å². The van der Waals surface area contributed by atoms with E-state index in [2.05, 4.69) is 4.98 Å². The minimum Gasteiger partial charge on any atom is -0.392 e. The van der Waals surface area contributed by atoms with Crippen LogP contribution in [0.2, 0.25) is 0 Å². The zero-order chi connectivity index (χ0) is 6.69. The van der Waals surface area contributed by atoms with Gasteiger partial charge in [-0.3, -0.25) is 4.98 Å². The van der Waals surface area contributed by atoms with E-state index in [4.69, 9.17) is 12.0 Å². The number of rotatable bonds is 1. The molecule has 1 N–H and O–H groups in total. The smallest absolute Gasteiger partial charge is 0.0696 e. The van der Waals surface area contributed by atoms with E-state index in [0.29, 0.717) is 5.56 Å². The van der Waals surface area contributed by atoms with Gasteiger partial charge in [0, 0.05) is 19.3 Å². The van der Waals surface area contributed by atoms with Crippen LogP contribution >= 0.6 is 0 Å². The molecule has 0 aliphatic carbocycles. The molecular formula is C7H7NO. The minimum absolute atomic E-state index is 0.00194. The maximum atomic E-state index is 8.57. The SMILES string of the molecule is [CH]c1cncc(CO)c1. The maximum absolute atomic E-state index is 8.57. The zero-order valence-electron chi connectivity index (χ0n) is 4.91. The molecule has 0 spiro atoms. The highest BCUT2D eigenvalue weighted by atomic mass is 16.3. The van der Waals surface area contributed by atoms with Gasteiger partial charge in [-0.25, -0.2) is 0 Å². The van der Waals surface area contributed by atoms with Crippen molar-refractivity contribution in [2.75, 3.05) is 0 Å². The van der Waals surface area contributed by atoms with E-state index in [1.165, 1.54) is 0 Å². The molecule has 0 unspecified atom stereocenters. The molecule has 0 atom stereocenters. The summed E-state index contributed by atoms with van der Waals surface area (Å²) in [7, 11) is 0. The van der Waals surface area contributed by atoms with Crippen molar-refractivity contribution in [2.24, 2.45) is 0 Å². The molecule has 46 valence electrons. The average Bonchev–Trinajstić information content (AvgIpc) is 1.88. The third-order valence-corrected chi connectivity index (χ3v) is 0.999. The van der Waals surface area contributed by atoms with Crippen LogP contribution < -0.4 is 0 Å². The molecule has 1 heterocycles. The van der Waals surface area contributed by atoms with Crippen molar-refractivity contribution in [2.45, 2.75) is 6.61 Å². The number of aliphatic hydroxyl groups excluding tert-OH is 1. The van der Waals surface area contributed by atoms with E-state index in [9.17, 15) is 0 Å². The Kier molecular flexibility index (Phi) is 1.80. The first-order valence-corrected chi connectivity index (χ1v) is 2.63. The Morgan fingerprint density at radius 3 is 2.78 bits per heavy atom. The molecule has 2 nitrogen and oxygen atoms in total. The Bertz CT molecular complexity index is 198. The van der Waals surface area contributed by atoms with E-state index >= 15 is 0 Å². The van der Waals surface area contributed by atoms with Crippen molar-refractivity contribution in [3.05, 3.63) is 36.5 Å². The van der Waals surface area contributed by atoms with Crippen molar-refractivity contribution in [3.63, 3.8) is 0 Å². The first-order valence-electron chi connectivity index (χ1n) is 2.63. The van der Waals surface area contributed by atoms with Gasteiger partial charge in [-0.05, 0) is 11.1 Å². The zero-order valence-corrected chi connectivity index (χ0v) is 4.91. The summed E-state index contributed by atoms with van der Waals surface area (Å²) >= 11 is 0. The molecule has 0 amide bonds. The van der Waals surface area contributed by atoms with Gasteiger partial charge in [0.1, 0.15) is 0 Å². The van der Waals surface area contributed by atoms with Crippen LogP contribution in [0.3, 0.4) is 0 Å². The second-order valence-electron chi connectivity index (χ2n) is 1.78. The predicted octanol–water partition coefficient (Wildman–Crippen LogP) is 0.633. The summed E-state index contributed by atoms with van der Waals surface area (Å²) in [5.41, 5.74) is 1.33. The molecule has 0 aliphatic rings. The van der Waals surface area contributed by atoms with Crippen LogP contribution in [0, 0.1) is 6.92 Å². The van der Waals surface area contributed by atoms with Gasteiger partial charge in [-0.15, -0.1) is 0 Å². The molecule has 0 saturated carbocycles. The van der Waals surface area contributed by atoms with Gasteiger partial charge in [0.15, 0.2) is 0 Å². The van der Waals surface area contributed by atoms with Gasteiger partial charge in [-0.1, -0.05) is 6.07 Å². The maximum Gasteiger partial charge on any atom is 0.0696 e. The fourth-order valence-corrected chi connectivity index (χ4v) is 0.594. The Balaban J connectivity index is 2.94. The summed E-state index contributed by atoms with van der Waals surface area (Å²) in [6.07, 6.45) is 3.12. The third kappa shape index (κ3) is 1.50. The van der Waals surface area contributed by atoms with Gasteiger partial charge < -0.3 is 5.11 Å². The molecule has 2 heteroatoms. The first kappa shape index (κ1) is 6.23.